The topological polar surface area (TPSA) is 40.5 Å². The summed E-state index contributed by atoms with van der Waals surface area (Å²) in [7, 11) is 0. The summed E-state index contributed by atoms with van der Waals surface area (Å²) < 4.78 is 0. The number of aliphatic hydroxyl groups excluding tert-OH is 2. The Hall–Kier alpha value is -0.0800. The first-order chi connectivity index (χ1) is 12.3. The smallest absolute Gasteiger partial charge is 0.0602 e. The van der Waals surface area contributed by atoms with Crippen LogP contribution in [0.2, 0.25) is 0 Å². The molecule has 150 valence electrons. The second-order valence-electron chi connectivity index (χ2n) is 11.1. The maximum absolute atomic E-state index is 11.5. The van der Waals surface area contributed by atoms with Crippen molar-refractivity contribution in [3.05, 3.63) is 0 Å². The van der Waals surface area contributed by atoms with Gasteiger partial charge in [-0.1, -0.05) is 53.4 Å². The van der Waals surface area contributed by atoms with E-state index in [1.165, 1.54) is 51.4 Å². The van der Waals surface area contributed by atoms with Gasteiger partial charge in [0.05, 0.1) is 12.2 Å². The lowest BCUT2D eigenvalue weighted by Crippen LogP contribution is -2.61. The Bertz CT molecular complexity index is 518. The average molecular weight is 363 g/mol. The lowest BCUT2D eigenvalue weighted by molar-refractivity contribution is -0.201. The fourth-order valence-electron chi connectivity index (χ4n) is 8.84. The first kappa shape index (κ1) is 19.2. The number of rotatable bonds is 3. The molecular weight excluding hydrogens is 320 g/mol. The zero-order valence-corrected chi connectivity index (χ0v) is 17.6. The standard InChI is InChI=1S/C24H42O2/c1-5-8-15(2)17-10-11-18-22-19(14-21(26)24(17,18)4)23(3)12-7-6-9-16(23)13-20(22)25/h15-22,25-26H,5-14H2,1-4H3/t15-,16?,17-,18+,19+,20-,21+,22+,23+,24-/m1/s1. The van der Waals surface area contributed by atoms with Gasteiger partial charge in [-0.3, -0.25) is 0 Å². The van der Waals surface area contributed by atoms with E-state index in [9.17, 15) is 10.2 Å². The van der Waals surface area contributed by atoms with Gasteiger partial charge in [0.1, 0.15) is 0 Å². The molecule has 10 atom stereocenters. The molecule has 0 aromatic carbocycles. The van der Waals surface area contributed by atoms with Crippen LogP contribution < -0.4 is 0 Å². The quantitative estimate of drug-likeness (QED) is 0.704. The minimum absolute atomic E-state index is 0.0224. The molecule has 0 spiro atoms. The molecule has 0 aliphatic heterocycles. The monoisotopic (exact) mass is 362 g/mol. The molecule has 2 heteroatoms. The van der Waals surface area contributed by atoms with Crippen LogP contribution >= 0.6 is 0 Å². The van der Waals surface area contributed by atoms with E-state index >= 15 is 0 Å². The first-order valence-corrected chi connectivity index (χ1v) is 11.7. The number of hydrogen-bond donors (Lipinski definition) is 2. The van der Waals surface area contributed by atoms with Gasteiger partial charge in [0.15, 0.2) is 0 Å². The SMILES string of the molecule is CCC[C@@H](C)[C@H]1CC[C@H]2[C@@H]3[C@H](O)CC4CCCC[C@]4(C)[C@H]3C[C@H](O)[C@]12C. The van der Waals surface area contributed by atoms with Crippen molar-refractivity contribution in [3.63, 3.8) is 0 Å². The molecule has 0 heterocycles. The Morgan fingerprint density at radius 2 is 1.77 bits per heavy atom. The minimum Gasteiger partial charge on any atom is -0.393 e. The van der Waals surface area contributed by atoms with Crippen molar-refractivity contribution < 1.29 is 10.2 Å². The predicted molar refractivity (Wildman–Crippen MR) is 107 cm³/mol. The molecule has 4 aliphatic carbocycles. The van der Waals surface area contributed by atoms with Gasteiger partial charge >= 0.3 is 0 Å². The van der Waals surface area contributed by atoms with Crippen molar-refractivity contribution in [1.82, 2.24) is 0 Å². The molecular formula is C24H42O2. The Kier molecular flexibility index (Phi) is 5.01. The highest BCUT2D eigenvalue weighted by atomic mass is 16.3. The van der Waals surface area contributed by atoms with Crippen LogP contribution in [0.5, 0.6) is 0 Å². The minimum atomic E-state index is -0.176. The highest BCUT2D eigenvalue weighted by Gasteiger charge is 2.65. The van der Waals surface area contributed by atoms with E-state index in [2.05, 4.69) is 27.7 Å². The zero-order chi connectivity index (χ0) is 18.7. The fraction of sp³-hybridized carbons (Fsp3) is 1.00. The van der Waals surface area contributed by atoms with Crippen molar-refractivity contribution in [1.29, 1.82) is 0 Å². The molecule has 4 rings (SSSR count). The summed E-state index contributed by atoms with van der Waals surface area (Å²) in [5.41, 5.74) is 0.381. The van der Waals surface area contributed by atoms with Gasteiger partial charge in [0.2, 0.25) is 0 Å². The van der Waals surface area contributed by atoms with Crippen molar-refractivity contribution >= 4 is 0 Å². The lowest BCUT2D eigenvalue weighted by atomic mass is 9.43. The summed E-state index contributed by atoms with van der Waals surface area (Å²) in [4.78, 5) is 0. The fourth-order valence-corrected chi connectivity index (χ4v) is 8.84. The van der Waals surface area contributed by atoms with Crippen LogP contribution in [0.4, 0.5) is 0 Å². The van der Waals surface area contributed by atoms with E-state index in [1.54, 1.807) is 0 Å². The van der Waals surface area contributed by atoms with Crippen LogP contribution in [0.3, 0.4) is 0 Å². The van der Waals surface area contributed by atoms with E-state index in [1.807, 2.05) is 0 Å². The third kappa shape index (κ3) is 2.57. The van der Waals surface area contributed by atoms with Crippen LogP contribution in [0.25, 0.3) is 0 Å². The lowest BCUT2D eigenvalue weighted by Gasteiger charge is -2.63. The van der Waals surface area contributed by atoms with Gasteiger partial charge in [0, 0.05) is 0 Å². The summed E-state index contributed by atoms with van der Waals surface area (Å²) in [6.45, 7) is 9.61. The van der Waals surface area contributed by atoms with Crippen molar-refractivity contribution in [2.75, 3.05) is 0 Å². The van der Waals surface area contributed by atoms with E-state index in [0.717, 1.165) is 12.8 Å². The normalized spacial score (nSPS) is 54.9. The van der Waals surface area contributed by atoms with Gasteiger partial charge in [-0.2, -0.15) is 0 Å². The molecule has 2 nitrogen and oxygen atoms in total. The molecule has 0 amide bonds. The maximum Gasteiger partial charge on any atom is 0.0602 e. The summed E-state index contributed by atoms with van der Waals surface area (Å²) in [5, 5.41) is 22.7. The Morgan fingerprint density at radius 1 is 1.00 bits per heavy atom. The second kappa shape index (κ2) is 6.76. The summed E-state index contributed by atoms with van der Waals surface area (Å²) in [5.74, 6) is 3.49. The van der Waals surface area contributed by atoms with Gasteiger partial charge in [-0.05, 0) is 84.9 Å². The maximum atomic E-state index is 11.5. The summed E-state index contributed by atoms with van der Waals surface area (Å²) in [6, 6.07) is 0. The Labute approximate surface area is 161 Å². The predicted octanol–water partition coefficient (Wildman–Crippen LogP) is 5.41. The Balaban J connectivity index is 1.67. The molecule has 4 fully saturated rings. The van der Waals surface area contributed by atoms with E-state index in [0.29, 0.717) is 40.9 Å². The third-order valence-electron chi connectivity index (χ3n) is 10.2. The van der Waals surface area contributed by atoms with Crippen LogP contribution in [0.1, 0.15) is 91.9 Å². The molecule has 4 aliphatic rings. The third-order valence-corrected chi connectivity index (χ3v) is 10.2. The van der Waals surface area contributed by atoms with E-state index in [-0.39, 0.29) is 17.6 Å². The molecule has 0 bridgehead atoms. The largest absolute Gasteiger partial charge is 0.393 e. The molecule has 0 aromatic heterocycles. The van der Waals surface area contributed by atoms with Crippen molar-refractivity contribution in [3.8, 4) is 0 Å². The summed E-state index contributed by atoms with van der Waals surface area (Å²) in [6.07, 6.45) is 12.0. The molecule has 4 saturated carbocycles. The average Bonchev–Trinajstić information content (AvgIpc) is 2.95. The van der Waals surface area contributed by atoms with Crippen LogP contribution in [-0.2, 0) is 0 Å². The molecule has 0 aromatic rings. The Morgan fingerprint density at radius 3 is 2.50 bits per heavy atom. The van der Waals surface area contributed by atoms with E-state index in [4.69, 9.17) is 0 Å². The van der Waals surface area contributed by atoms with Gasteiger partial charge in [0.25, 0.3) is 0 Å². The molecule has 1 unspecified atom stereocenters. The second-order valence-corrected chi connectivity index (χ2v) is 11.1. The number of fused-ring (bicyclic) bond motifs is 5. The number of hydrogen-bond acceptors (Lipinski definition) is 2. The molecule has 26 heavy (non-hydrogen) atoms. The molecule has 0 saturated heterocycles. The first-order valence-electron chi connectivity index (χ1n) is 11.7. The van der Waals surface area contributed by atoms with Crippen molar-refractivity contribution in [2.45, 2.75) is 104 Å². The number of aliphatic hydroxyl groups is 2. The van der Waals surface area contributed by atoms with Gasteiger partial charge in [-0.25, -0.2) is 0 Å². The summed E-state index contributed by atoms with van der Waals surface area (Å²) >= 11 is 0. The van der Waals surface area contributed by atoms with Crippen LogP contribution in [0.15, 0.2) is 0 Å². The molecule has 2 N–H and O–H groups in total. The van der Waals surface area contributed by atoms with E-state index < -0.39 is 0 Å². The van der Waals surface area contributed by atoms with Crippen molar-refractivity contribution in [2.24, 2.45) is 46.3 Å². The highest BCUT2D eigenvalue weighted by Crippen LogP contribution is 2.68. The van der Waals surface area contributed by atoms with Gasteiger partial charge in [-0.15, -0.1) is 0 Å². The van der Waals surface area contributed by atoms with Crippen LogP contribution in [0, 0.1) is 46.3 Å². The van der Waals surface area contributed by atoms with Crippen LogP contribution in [-0.4, -0.2) is 22.4 Å². The van der Waals surface area contributed by atoms with Gasteiger partial charge < -0.3 is 10.2 Å². The molecule has 0 radical (unpaired) electrons. The zero-order valence-electron chi connectivity index (χ0n) is 17.6. The highest BCUT2D eigenvalue weighted by molar-refractivity contribution is 5.14.